The van der Waals surface area contributed by atoms with Crippen LogP contribution in [0.5, 0.6) is 0 Å². The van der Waals surface area contributed by atoms with Crippen molar-refractivity contribution in [1.29, 1.82) is 0 Å². The molecule has 4 heteroatoms. The zero-order valence-corrected chi connectivity index (χ0v) is 10.7. The van der Waals surface area contributed by atoms with Gasteiger partial charge in [-0.05, 0) is 19.3 Å². The molecular weight excluding hydrogens is 252 g/mol. The lowest BCUT2D eigenvalue weighted by Crippen LogP contribution is -2.11. The van der Waals surface area contributed by atoms with Crippen LogP contribution < -0.4 is 0 Å². The number of unbranched alkanes of at least 4 members (excludes halogenated alkanes) is 3. The minimum Gasteiger partial charge on any atom is -0.229 e. The Kier molecular flexibility index (Phi) is 8.06. The van der Waals surface area contributed by atoms with E-state index in [2.05, 4.69) is 22.9 Å². The van der Waals surface area contributed by atoms with E-state index < -0.39 is 9.84 Å². The summed E-state index contributed by atoms with van der Waals surface area (Å²) in [4.78, 5) is 0. The Labute approximate surface area is 90.2 Å². The summed E-state index contributed by atoms with van der Waals surface area (Å²) in [5, 5.41) is 0.900. The Balaban J connectivity index is 3.55. The lowest BCUT2D eigenvalue weighted by molar-refractivity contribution is 0.588. The molecular formula is C9H19BrO2S. The Morgan fingerprint density at radius 3 is 2.00 bits per heavy atom. The highest BCUT2D eigenvalue weighted by atomic mass is 79.9. The number of hydrogen-bond acceptors (Lipinski definition) is 2. The Morgan fingerprint density at radius 1 is 1.00 bits per heavy atom. The third-order valence-corrected chi connectivity index (χ3v) is 4.28. The van der Waals surface area contributed by atoms with Crippen molar-refractivity contribution >= 4 is 25.8 Å². The number of sulfone groups is 1. The zero-order valence-electron chi connectivity index (χ0n) is 8.26. The average molecular weight is 271 g/mol. The summed E-state index contributed by atoms with van der Waals surface area (Å²) in [6.07, 6.45) is 4.68. The molecule has 0 rings (SSSR count). The van der Waals surface area contributed by atoms with Crippen molar-refractivity contribution in [1.82, 2.24) is 0 Å². The van der Waals surface area contributed by atoms with Crippen molar-refractivity contribution < 1.29 is 8.42 Å². The molecule has 0 fully saturated rings. The van der Waals surface area contributed by atoms with Crippen LogP contribution in [-0.4, -0.2) is 25.3 Å². The van der Waals surface area contributed by atoms with Gasteiger partial charge in [0, 0.05) is 5.33 Å². The predicted molar refractivity (Wildman–Crippen MR) is 61.2 cm³/mol. The van der Waals surface area contributed by atoms with Gasteiger partial charge in [-0.15, -0.1) is 0 Å². The Hall–Kier alpha value is 0.430. The molecule has 13 heavy (non-hydrogen) atoms. The molecule has 0 aromatic rings. The van der Waals surface area contributed by atoms with Crippen molar-refractivity contribution in [3.05, 3.63) is 0 Å². The summed E-state index contributed by atoms with van der Waals surface area (Å²) in [7, 11) is -2.75. The van der Waals surface area contributed by atoms with Crippen LogP contribution in [0, 0.1) is 0 Å². The van der Waals surface area contributed by atoms with Crippen LogP contribution in [0.3, 0.4) is 0 Å². The van der Waals surface area contributed by atoms with Crippen LogP contribution in [0.4, 0.5) is 0 Å². The molecule has 0 N–H and O–H groups in total. The van der Waals surface area contributed by atoms with Gasteiger partial charge in [0.05, 0.1) is 11.5 Å². The van der Waals surface area contributed by atoms with Crippen molar-refractivity contribution in [2.24, 2.45) is 0 Å². The average Bonchev–Trinajstić information content (AvgIpc) is 2.05. The third-order valence-electron chi connectivity index (χ3n) is 1.90. The molecule has 0 aliphatic carbocycles. The first kappa shape index (κ1) is 13.4. The first-order valence-electron chi connectivity index (χ1n) is 4.89. The second kappa shape index (κ2) is 7.80. The quantitative estimate of drug-likeness (QED) is 0.502. The van der Waals surface area contributed by atoms with Crippen LogP contribution in [0.15, 0.2) is 0 Å². The summed E-state index contributed by atoms with van der Waals surface area (Å²) < 4.78 is 22.7. The predicted octanol–water partition coefficient (Wildman–Crippen LogP) is 2.77. The summed E-state index contributed by atoms with van der Waals surface area (Å²) in [5.74, 6) is 0.742. The fourth-order valence-electron chi connectivity index (χ4n) is 1.09. The minimum absolute atomic E-state index is 0.363. The molecule has 0 heterocycles. The van der Waals surface area contributed by atoms with Gasteiger partial charge < -0.3 is 0 Å². The van der Waals surface area contributed by atoms with Crippen LogP contribution in [0.2, 0.25) is 0 Å². The van der Waals surface area contributed by atoms with Crippen molar-refractivity contribution in [3.63, 3.8) is 0 Å². The third kappa shape index (κ3) is 8.75. The topological polar surface area (TPSA) is 34.1 Å². The highest BCUT2D eigenvalue weighted by molar-refractivity contribution is 9.09. The molecule has 0 spiro atoms. The fraction of sp³-hybridized carbons (Fsp3) is 1.00. The smallest absolute Gasteiger partial charge is 0.150 e. The second-order valence-electron chi connectivity index (χ2n) is 3.26. The van der Waals surface area contributed by atoms with Crippen molar-refractivity contribution in [3.8, 4) is 0 Å². The highest BCUT2D eigenvalue weighted by Crippen LogP contribution is 2.04. The van der Waals surface area contributed by atoms with Gasteiger partial charge in [0.25, 0.3) is 0 Å². The van der Waals surface area contributed by atoms with E-state index in [-0.39, 0.29) is 0 Å². The van der Waals surface area contributed by atoms with E-state index in [1.54, 1.807) is 0 Å². The van der Waals surface area contributed by atoms with Crippen molar-refractivity contribution in [2.45, 2.75) is 39.0 Å². The second-order valence-corrected chi connectivity index (χ2v) is 6.35. The maximum atomic E-state index is 11.4. The first-order valence-corrected chi connectivity index (χ1v) is 7.83. The Morgan fingerprint density at radius 2 is 1.54 bits per heavy atom. The highest BCUT2D eigenvalue weighted by Gasteiger charge is 2.08. The zero-order chi connectivity index (χ0) is 10.2. The molecule has 0 saturated carbocycles. The monoisotopic (exact) mass is 270 g/mol. The SMILES string of the molecule is CCCCCS(=O)(=O)CCCCBr. The van der Waals surface area contributed by atoms with Crippen LogP contribution in [0.25, 0.3) is 0 Å². The molecule has 0 radical (unpaired) electrons. The van der Waals surface area contributed by atoms with E-state index >= 15 is 0 Å². The molecule has 0 aliphatic rings. The van der Waals surface area contributed by atoms with Gasteiger partial charge in [-0.1, -0.05) is 35.7 Å². The number of halogens is 1. The first-order chi connectivity index (χ1) is 6.12. The number of rotatable bonds is 8. The van der Waals surface area contributed by atoms with Crippen LogP contribution in [-0.2, 0) is 9.84 Å². The van der Waals surface area contributed by atoms with Gasteiger partial charge >= 0.3 is 0 Å². The van der Waals surface area contributed by atoms with Gasteiger partial charge in [0.1, 0.15) is 9.84 Å². The van der Waals surface area contributed by atoms with E-state index in [9.17, 15) is 8.42 Å². The lowest BCUT2D eigenvalue weighted by Gasteiger charge is -2.02. The van der Waals surface area contributed by atoms with Gasteiger partial charge in [-0.2, -0.15) is 0 Å². The molecule has 0 amide bonds. The van der Waals surface area contributed by atoms with Crippen molar-refractivity contribution in [2.75, 3.05) is 16.8 Å². The van der Waals surface area contributed by atoms with Gasteiger partial charge in [-0.3, -0.25) is 0 Å². The molecule has 0 aromatic heterocycles. The fourth-order valence-corrected chi connectivity index (χ4v) is 2.98. The molecule has 0 aliphatic heterocycles. The Bertz CT molecular complexity index is 184. The lowest BCUT2D eigenvalue weighted by atomic mass is 10.3. The summed E-state index contributed by atoms with van der Waals surface area (Å²) in [6, 6.07) is 0. The normalized spacial score (nSPS) is 11.8. The summed E-state index contributed by atoms with van der Waals surface area (Å²) in [5.41, 5.74) is 0. The molecule has 2 nitrogen and oxygen atoms in total. The maximum Gasteiger partial charge on any atom is 0.150 e. The molecule has 0 bridgehead atoms. The van der Waals surface area contributed by atoms with E-state index in [0.29, 0.717) is 11.5 Å². The van der Waals surface area contributed by atoms with E-state index in [0.717, 1.165) is 37.4 Å². The molecule has 0 unspecified atom stereocenters. The molecule has 0 aromatic carbocycles. The number of hydrogen-bond donors (Lipinski definition) is 0. The van der Waals surface area contributed by atoms with Crippen LogP contribution >= 0.6 is 15.9 Å². The van der Waals surface area contributed by atoms with Gasteiger partial charge in [-0.25, -0.2) is 8.42 Å². The van der Waals surface area contributed by atoms with E-state index in [1.807, 2.05) is 0 Å². The number of alkyl halides is 1. The van der Waals surface area contributed by atoms with Gasteiger partial charge in [0.15, 0.2) is 0 Å². The molecule has 0 atom stereocenters. The minimum atomic E-state index is -2.75. The molecule has 80 valence electrons. The maximum absolute atomic E-state index is 11.4. The summed E-state index contributed by atoms with van der Waals surface area (Å²) >= 11 is 3.29. The summed E-state index contributed by atoms with van der Waals surface area (Å²) in [6.45, 7) is 2.08. The molecule has 0 saturated heterocycles. The van der Waals surface area contributed by atoms with Crippen LogP contribution in [0.1, 0.15) is 39.0 Å². The standard InChI is InChI=1S/C9H19BrO2S/c1-2-3-5-8-13(11,12)9-6-4-7-10/h2-9H2,1H3. The van der Waals surface area contributed by atoms with Gasteiger partial charge in [0.2, 0.25) is 0 Å². The van der Waals surface area contributed by atoms with E-state index in [4.69, 9.17) is 0 Å². The van der Waals surface area contributed by atoms with E-state index in [1.165, 1.54) is 0 Å². The largest absolute Gasteiger partial charge is 0.229 e.